The van der Waals surface area contributed by atoms with E-state index in [4.69, 9.17) is 0 Å². The minimum absolute atomic E-state index is 0.0241. The molecule has 1 aliphatic heterocycles. The lowest BCUT2D eigenvalue weighted by atomic mass is 10.0. The average Bonchev–Trinajstić information content (AvgIpc) is 3.02. The maximum atomic E-state index is 12.6. The van der Waals surface area contributed by atoms with Crippen LogP contribution in [0.15, 0.2) is 53.4 Å². The zero-order valence-electron chi connectivity index (χ0n) is 12.7. The normalized spacial score (nSPS) is 18.9. The number of hydrogen-bond donors (Lipinski definition) is 2. The van der Waals surface area contributed by atoms with Crippen LogP contribution in [0.2, 0.25) is 0 Å². The molecule has 0 bridgehead atoms. The lowest BCUT2D eigenvalue weighted by molar-refractivity contribution is 0.0931. The van der Waals surface area contributed by atoms with Crippen molar-refractivity contribution in [3.63, 3.8) is 0 Å². The predicted octanol–water partition coefficient (Wildman–Crippen LogP) is 2.21. The van der Waals surface area contributed by atoms with E-state index in [1.54, 1.807) is 24.3 Å². The molecule has 1 atom stereocenters. The minimum atomic E-state index is -3.27. The van der Waals surface area contributed by atoms with Gasteiger partial charge in [-0.15, -0.1) is 0 Å². The number of sulfone groups is 1. The lowest BCUT2D eigenvalue weighted by Gasteiger charge is -2.26. The van der Waals surface area contributed by atoms with Crippen LogP contribution in [0.3, 0.4) is 0 Å². The van der Waals surface area contributed by atoms with Crippen LogP contribution in [0, 0.1) is 0 Å². The Balaban J connectivity index is 1.68. The van der Waals surface area contributed by atoms with E-state index in [2.05, 4.69) is 15.5 Å². The van der Waals surface area contributed by atoms with E-state index in [0.29, 0.717) is 22.6 Å². The molecule has 24 heavy (non-hydrogen) atoms. The number of rotatable bonds is 2. The molecule has 1 aliphatic rings. The van der Waals surface area contributed by atoms with Crippen molar-refractivity contribution in [1.82, 2.24) is 15.5 Å². The van der Waals surface area contributed by atoms with Crippen molar-refractivity contribution in [1.29, 1.82) is 0 Å². The summed E-state index contributed by atoms with van der Waals surface area (Å²) in [5.74, 6) is -0.289. The molecule has 1 amide bonds. The number of nitrogens with one attached hydrogen (secondary N) is 2. The largest absolute Gasteiger partial charge is 0.344 e. The third-order valence-electron chi connectivity index (χ3n) is 4.30. The maximum absolute atomic E-state index is 12.6. The summed E-state index contributed by atoms with van der Waals surface area (Å²) in [6, 6.07) is 13.9. The van der Waals surface area contributed by atoms with Gasteiger partial charge < -0.3 is 5.32 Å². The molecule has 2 N–H and O–H groups in total. The molecule has 2 heterocycles. The molecule has 4 rings (SSSR count). The summed E-state index contributed by atoms with van der Waals surface area (Å²) in [6.45, 7) is 0. The third kappa shape index (κ3) is 2.37. The highest BCUT2D eigenvalue weighted by Crippen LogP contribution is 2.32. The summed E-state index contributed by atoms with van der Waals surface area (Å²) in [4.78, 5) is 12.9. The van der Waals surface area contributed by atoms with Crippen LogP contribution >= 0.6 is 0 Å². The number of carbonyl (C=O) groups is 1. The zero-order chi connectivity index (χ0) is 16.7. The van der Waals surface area contributed by atoms with Gasteiger partial charge in [0.1, 0.15) is 0 Å². The molecule has 0 radical (unpaired) electrons. The van der Waals surface area contributed by atoms with Crippen molar-refractivity contribution in [2.24, 2.45) is 0 Å². The van der Waals surface area contributed by atoms with Gasteiger partial charge in [0.05, 0.1) is 22.2 Å². The van der Waals surface area contributed by atoms with Crippen LogP contribution in [0.5, 0.6) is 0 Å². The number of H-pyrrole nitrogens is 1. The summed E-state index contributed by atoms with van der Waals surface area (Å²) in [5.41, 5.74) is 1.74. The molecule has 1 aromatic heterocycles. The number of fused-ring (bicyclic) bond motifs is 2. The molecule has 0 spiro atoms. The Morgan fingerprint density at radius 3 is 2.75 bits per heavy atom. The Hall–Kier alpha value is -2.67. The van der Waals surface area contributed by atoms with Crippen LogP contribution in [-0.2, 0) is 9.84 Å². The van der Waals surface area contributed by atoms with Gasteiger partial charge in [0, 0.05) is 5.39 Å². The van der Waals surface area contributed by atoms with Crippen molar-refractivity contribution in [2.45, 2.75) is 17.4 Å². The summed E-state index contributed by atoms with van der Waals surface area (Å²) in [7, 11) is -3.27. The maximum Gasteiger partial charge on any atom is 0.272 e. The number of aromatic amines is 1. The number of benzene rings is 2. The van der Waals surface area contributed by atoms with Crippen molar-refractivity contribution in [3.8, 4) is 0 Å². The van der Waals surface area contributed by atoms with E-state index in [1.165, 1.54) is 0 Å². The second-order valence-electron chi connectivity index (χ2n) is 5.79. The molecule has 0 fully saturated rings. The van der Waals surface area contributed by atoms with Gasteiger partial charge in [-0.2, -0.15) is 5.10 Å². The number of nitrogens with zero attached hydrogens (tertiary/aromatic N) is 1. The highest BCUT2D eigenvalue weighted by atomic mass is 32.2. The Kier molecular flexibility index (Phi) is 3.38. The summed E-state index contributed by atoms with van der Waals surface area (Å²) in [5, 5.41) is 10.6. The smallest absolute Gasteiger partial charge is 0.272 e. The first kappa shape index (κ1) is 14.9. The van der Waals surface area contributed by atoms with Crippen LogP contribution in [0.4, 0.5) is 0 Å². The Bertz CT molecular complexity index is 1040. The first-order valence-corrected chi connectivity index (χ1v) is 9.27. The van der Waals surface area contributed by atoms with E-state index in [1.807, 2.05) is 24.3 Å². The molecule has 0 saturated heterocycles. The van der Waals surface area contributed by atoms with E-state index >= 15 is 0 Å². The van der Waals surface area contributed by atoms with Gasteiger partial charge >= 0.3 is 0 Å². The van der Waals surface area contributed by atoms with Gasteiger partial charge in [-0.25, -0.2) is 8.42 Å². The zero-order valence-corrected chi connectivity index (χ0v) is 13.5. The number of amides is 1. The fraction of sp³-hybridized carbons (Fsp3) is 0.176. The van der Waals surface area contributed by atoms with Crippen LogP contribution in [0.1, 0.15) is 28.5 Å². The second kappa shape index (κ2) is 5.45. The van der Waals surface area contributed by atoms with E-state index in [-0.39, 0.29) is 17.7 Å². The molecular weight excluding hydrogens is 326 g/mol. The highest BCUT2D eigenvalue weighted by molar-refractivity contribution is 7.91. The number of hydrogen-bond acceptors (Lipinski definition) is 4. The van der Waals surface area contributed by atoms with Crippen molar-refractivity contribution >= 4 is 26.6 Å². The predicted molar refractivity (Wildman–Crippen MR) is 89.4 cm³/mol. The molecule has 6 nitrogen and oxygen atoms in total. The molecule has 0 unspecified atom stereocenters. The van der Waals surface area contributed by atoms with E-state index in [9.17, 15) is 13.2 Å². The first-order valence-electron chi connectivity index (χ1n) is 7.62. The van der Waals surface area contributed by atoms with Crippen LogP contribution in [-0.4, -0.2) is 30.3 Å². The topological polar surface area (TPSA) is 91.9 Å². The average molecular weight is 341 g/mol. The molecule has 2 aromatic carbocycles. The van der Waals surface area contributed by atoms with Gasteiger partial charge in [-0.3, -0.25) is 9.89 Å². The van der Waals surface area contributed by atoms with Crippen LogP contribution in [0.25, 0.3) is 10.9 Å². The second-order valence-corrected chi connectivity index (χ2v) is 7.87. The van der Waals surface area contributed by atoms with Crippen molar-refractivity contribution in [3.05, 3.63) is 59.8 Å². The number of carbonyl (C=O) groups excluding carboxylic acids is 1. The van der Waals surface area contributed by atoms with E-state index < -0.39 is 9.84 Å². The van der Waals surface area contributed by atoms with Gasteiger partial charge in [-0.05, 0) is 24.1 Å². The molecular formula is C17H15N3O3S. The Morgan fingerprint density at radius 2 is 1.88 bits per heavy atom. The molecule has 122 valence electrons. The van der Waals surface area contributed by atoms with Crippen molar-refractivity contribution in [2.75, 3.05) is 5.75 Å². The number of aromatic nitrogens is 2. The van der Waals surface area contributed by atoms with Gasteiger partial charge in [0.25, 0.3) is 5.91 Å². The first-order chi connectivity index (χ1) is 11.6. The van der Waals surface area contributed by atoms with Gasteiger partial charge in [0.15, 0.2) is 15.5 Å². The third-order valence-corrected chi connectivity index (χ3v) is 6.11. The molecule has 0 aliphatic carbocycles. The SMILES string of the molecule is O=C(N[C@@H]1CCS(=O)(=O)c2ccccc21)c1n[nH]c2ccccc12. The monoisotopic (exact) mass is 341 g/mol. The van der Waals surface area contributed by atoms with Crippen molar-refractivity contribution < 1.29 is 13.2 Å². The summed E-state index contributed by atoms with van der Waals surface area (Å²) >= 11 is 0. The Morgan fingerprint density at radius 1 is 1.12 bits per heavy atom. The molecule has 7 heteroatoms. The highest BCUT2D eigenvalue weighted by Gasteiger charge is 2.31. The number of para-hydroxylation sites is 1. The lowest BCUT2D eigenvalue weighted by Crippen LogP contribution is -2.34. The fourth-order valence-electron chi connectivity index (χ4n) is 3.10. The standard InChI is InChI=1S/C17H15N3O3S/c21-17(16-12-6-1-3-7-14(12)19-20-16)18-13-9-10-24(22,23)15-8-4-2-5-11(13)15/h1-8,13H,9-10H2,(H,18,21)(H,19,20)/t13-/m1/s1. The Labute approximate surface area is 138 Å². The molecule has 0 saturated carbocycles. The minimum Gasteiger partial charge on any atom is -0.344 e. The van der Waals surface area contributed by atoms with Crippen LogP contribution < -0.4 is 5.32 Å². The summed E-state index contributed by atoms with van der Waals surface area (Å²) < 4.78 is 24.4. The van der Waals surface area contributed by atoms with Gasteiger partial charge in [0.2, 0.25) is 0 Å². The van der Waals surface area contributed by atoms with E-state index in [0.717, 1.165) is 10.9 Å². The quantitative estimate of drug-likeness (QED) is 0.747. The summed E-state index contributed by atoms with van der Waals surface area (Å²) in [6.07, 6.45) is 0.355. The van der Waals surface area contributed by atoms with Gasteiger partial charge in [-0.1, -0.05) is 36.4 Å². The molecule has 3 aromatic rings. The fourth-order valence-corrected chi connectivity index (χ4v) is 4.72.